The second-order valence-electron chi connectivity index (χ2n) is 4.74. The number of hydrogen-bond acceptors (Lipinski definition) is 3. The van der Waals surface area contributed by atoms with Crippen LogP contribution in [-0.2, 0) is 0 Å². The van der Waals surface area contributed by atoms with Crippen molar-refractivity contribution in [1.29, 1.82) is 0 Å². The number of nitrogens with one attached hydrogen (secondary N) is 1. The molecular formula is C15H16ClNOS. The highest BCUT2D eigenvalue weighted by molar-refractivity contribution is 7.10. The van der Waals surface area contributed by atoms with Crippen molar-refractivity contribution in [2.24, 2.45) is 0 Å². The third-order valence-electron chi connectivity index (χ3n) is 3.24. The van der Waals surface area contributed by atoms with Crippen LogP contribution in [0.4, 0.5) is 0 Å². The lowest BCUT2D eigenvalue weighted by Crippen LogP contribution is -2.16. The quantitative estimate of drug-likeness (QED) is 0.890. The van der Waals surface area contributed by atoms with Gasteiger partial charge in [-0.3, -0.25) is 0 Å². The Morgan fingerprint density at radius 1 is 1.26 bits per heavy atom. The van der Waals surface area contributed by atoms with Crippen LogP contribution in [0.3, 0.4) is 0 Å². The first-order valence-corrected chi connectivity index (χ1v) is 7.70. The molecule has 100 valence electrons. The maximum absolute atomic E-state index is 6.22. The van der Waals surface area contributed by atoms with Gasteiger partial charge in [0.1, 0.15) is 5.75 Å². The van der Waals surface area contributed by atoms with Gasteiger partial charge in [-0.05, 0) is 49.0 Å². The molecular weight excluding hydrogens is 278 g/mol. The zero-order valence-corrected chi connectivity index (χ0v) is 12.3. The lowest BCUT2D eigenvalue weighted by Gasteiger charge is -2.16. The zero-order valence-electron chi connectivity index (χ0n) is 10.7. The summed E-state index contributed by atoms with van der Waals surface area (Å²) in [7, 11) is 1.95. The van der Waals surface area contributed by atoms with E-state index in [2.05, 4.69) is 17.4 Å². The van der Waals surface area contributed by atoms with E-state index < -0.39 is 0 Å². The van der Waals surface area contributed by atoms with Gasteiger partial charge in [0.2, 0.25) is 0 Å². The molecule has 1 aromatic carbocycles. The van der Waals surface area contributed by atoms with Gasteiger partial charge >= 0.3 is 0 Å². The molecule has 1 saturated carbocycles. The summed E-state index contributed by atoms with van der Waals surface area (Å²) in [4.78, 5) is 1.15. The van der Waals surface area contributed by atoms with Crippen LogP contribution in [0.15, 0.2) is 35.7 Å². The van der Waals surface area contributed by atoms with Crippen molar-refractivity contribution in [2.45, 2.75) is 25.0 Å². The Morgan fingerprint density at radius 3 is 2.53 bits per heavy atom. The molecule has 1 N–H and O–H groups in total. The first kappa shape index (κ1) is 13.0. The molecule has 0 spiro atoms. The minimum Gasteiger partial charge on any atom is -0.490 e. The van der Waals surface area contributed by atoms with Gasteiger partial charge in [0, 0.05) is 4.88 Å². The Kier molecular flexibility index (Phi) is 3.78. The predicted molar refractivity (Wildman–Crippen MR) is 80.3 cm³/mol. The van der Waals surface area contributed by atoms with Gasteiger partial charge in [-0.15, -0.1) is 11.3 Å². The minimum atomic E-state index is 0.141. The van der Waals surface area contributed by atoms with Crippen molar-refractivity contribution in [3.05, 3.63) is 51.2 Å². The first-order chi connectivity index (χ1) is 9.28. The topological polar surface area (TPSA) is 21.3 Å². The number of rotatable bonds is 5. The van der Waals surface area contributed by atoms with Gasteiger partial charge in [0.05, 0.1) is 17.2 Å². The van der Waals surface area contributed by atoms with Gasteiger partial charge in [-0.2, -0.15) is 0 Å². The summed E-state index contributed by atoms with van der Waals surface area (Å²) >= 11 is 7.89. The van der Waals surface area contributed by atoms with Crippen LogP contribution < -0.4 is 10.1 Å². The van der Waals surface area contributed by atoms with Crippen LogP contribution >= 0.6 is 22.9 Å². The van der Waals surface area contributed by atoms with E-state index in [0.717, 1.165) is 15.6 Å². The predicted octanol–water partition coefficient (Wildman–Crippen LogP) is 4.25. The molecule has 1 unspecified atom stereocenters. The summed E-state index contributed by atoms with van der Waals surface area (Å²) in [5, 5.41) is 6.16. The van der Waals surface area contributed by atoms with E-state index >= 15 is 0 Å². The van der Waals surface area contributed by atoms with Crippen LogP contribution in [0.2, 0.25) is 5.02 Å². The maximum atomic E-state index is 6.22. The number of thiophene rings is 1. The van der Waals surface area contributed by atoms with Crippen molar-refractivity contribution in [1.82, 2.24) is 5.32 Å². The fourth-order valence-corrected chi connectivity index (χ4v) is 3.38. The Morgan fingerprint density at radius 2 is 2.00 bits per heavy atom. The highest BCUT2D eigenvalue weighted by Gasteiger charge is 2.23. The van der Waals surface area contributed by atoms with Crippen molar-refractivity contribution in [2.75, 3.05) is 7.05 Å². The Hall–Kier alpha value is -1.03. The molecule has 19 heavy (non-hydrogen) atoms. The third-order valence-corrected chi connectivity index (χ3v) is 4.66. The van der Waals surface area contributed by atoms with E-state index in [1.54, 1.807) is 11.3 Å². The molecule has 0 bridgehead atoms. The van der Waals surface area contributed by atoms with Crippen LogP contribution in [0.5, 0.6) is 5.75 Å². The fraction of sp³-hybridized carbons (Fsp3) is 0.333. The Labute approximate surface area is 122 Å². The molecule has 0 aliphatic heterocycles. The average Bonchev–Trinajstić information content (AvgIpc) is 3.14. The molecule has 4 heteroatoms. The first-order valence-electron chi connectivity index (χ1n) is 6.44. The molecule has 1 atom stereocenters. The Bertz CT molecular complexity index is 548. The SMILES string of the molecule is CNC(c1ccc(OC2CC2)cc1)c1sccc1Cl. The molecule has 1 fully saturated rings. The van der Waals surface area contributed by atoms with E-state index in [-0.39, 0.29) is 6.04 Å². The van der Waals surface area contributed by atoms with Gasteiger partial charge in [0.15, 0.2) is 0 Å². The van der Waals surface area contributed by atoms with Gasteiger partial charge in [-0.25, -0.2) is 0 Å². The van der Waals surface area contributed by atoms with E-state index in [1.165, 1.54) is 18.4 Å². The molecule has 1 aliphatic rings. The van der Waals surface area contributed by atoms with Crippen molar-refractivity contribution in [3.8, 4) is 5.75 Å². The number of hydrogen-bond donors (Lipinski definition) is 1. The van der Waals surface area contributed by atoms with Crippen molar-refractivity contribution in [3.63, 3.8) is 0 Å². The summed E-state index contributed by atoms with van der Waals surface area (Å²) in [6.07, 6.45) is 2.81. The second kappa shape index (κ2) is 5.53. The molecule has 0 saturated heterocycles. The second-order valence-corrected chi connectivity index (χ2v) is 6.10. The van der Waals surface area contributed by atoms with Gasteiger partial charge < -0.3 is 10.1 Å². The number of benzene rings is 1. The summed E-state index contributed by atoms with van der Waals surface area (Å²) in [6.45, 7) is 0. The highest BCUT2D eigenvalue weighted by Crippen LogP contribution is 2.34. The lowest BCUT2D eigenvalue weighted by molar-refractivity contribution is 0.303. The smallest absolute Gasteiger partial charge is 0.119 e. The molecule has 1 heterocycles. The maximum Gasteiger partial charge on any atom is 0.119 e. The molecule has 2 aromatic rings. The van der Waals surface area contributed by atoms with Crippen molar-refractivity contribution >= 4 is 22.9 Å². The lowest BCUT2D eigenvalue weighted by atomic mass is 10.1. The number of halogens is 1. The van der Waals surface area contributed by atoms with Gasteiger partial charge in [-0.1, -0.05) is 23.7 Å². The summed E-state index contributed by atoms with van der Waals surface area (Å²) < 4.78 is 5.76. The van der Waals surface area contributed by atoms with Crippen LogP contribution in [0, 0.1) is 0 Å². The van der Waals surface area contributed by atoms with E-state index in [9.17, 15) is 0 Å². The normalized spacial score (nSPS) is 16.3. The zero-order chi connectivity index (χ0) is 13.2. The average molecular weight is 294 g/mol. The summed E-state index contributed by atoms with van der Waals surface area (Å²) in [6, 6.07) is 10.4. The Balaban J connectivity index is 1.81. The summed E-state index contributed by atoms with van der Waals surface area (Å²) in [5.41, 5.74) is 1.20. The largest absolute Gasteiger partial charge is 0.490 e. The molecule has 0 radical (unpaired) electrons. The van der Waals surface area contributed by atoms with Crippen LogP contribution in [0.1, 0.15) is 29.3 Å². The van der Waals surface area contributed by atoms with E-state index in [1.807, 2.05) is 30.6 Å². The number of ether oxygens (including phenoxy) is 1. The van der Waals surface area contributed by atoms with Crippen LogP contribution in [-0.4, -0.2) is 13.2 Å². The standard InChI is InChI=1S/C15H16ClNOS/c1-17-14(15-13(16)8-9-19-15)10-2-4-11(5-3-10)18-12-6-7-12/h2-5,8-9,12,14,17H,6-7H2,1H3. The third kappa shape index (κ3) is 2.94. The minimum absolute atomic E-state index is 0.141. The molecule has 1 aliphatic carbocycles. The highest BCUT2D eigenvalue weighted by atomic mass is 35.5. The van der Waals surface area contributed by atoms with Crippen molar-refractivity contribution < 1.29 is 4.74 Å². The molecule has 3 rings (SSSR count). The fourth-order valence-electron chi connectivity index (χ4n) is 2.08. The molecule has 2 nitrogen and oxygen atoms in total. The molecule has 0 amide bonds. The van der Waals surface area contributed by atoms with Crippen LogP contribution in [0.25, 0.3) is 0 Å². The monoisotopic (exact) mass is 293 g/mol. The summed E-state index contributed by atoms with van der Waals surface area (Å²) in [5.74, 6) is 0.957. The van der Waals surface area contributed by atoms with Gasteiger partial charge in [0.25, 0.3) is 0 Å². The molecule has 1 aromatic heterocycles. The van der Waals surface area contributed by atoms with E-state index in [0.29, 0.717) is 6.10 Å². The van der Waals surface area contributed by atoms with E-state index in [4.69, 9.17) is 16.3 Å².